The Morgan fingerprint density at radius 2 is 1.61 bits per heavy atom. The van der Waals surface area contributed by atoms with Gasteiger partial charge in [0.25, 0.3) is 0 Å². The Bertz CT molecular complexity index is 1020. The van der Waals surface area contributed by atoms with Crippen LogP contribution in [0.25, 0.3) is 11.1 Å². The van der Waals surface area contributed by atoms with Crippen molar-refractivity contribution >= 4 is 6.09 Å². The second kappa shape index (κ2) is 11.0. The van der Waals surface area contributed by atoms with E-state index in [9.17, 15) is 9.90 Å². The van der Waals surface area contributed by atoms with Gasteiger partial charge in [0.05, 0.1) is 13.2 Å². The SMILES string of the molecule is COCCc1ccc(OCC(O)CNC(=O)OCC2c3ccccc3-c3ccccc32)cc1. The number of aliphatic hydroxyl groups is 1. The van der Waals surface area contributed by atoms with Crippen molar-refractivity contribution in [1.82, 2.24) is 5.32 Å². The summed E-state index contributed by atoms with van der Waals surface area (Å²) in [5.74, 6) is 0.666. The molecule has 0 saturated carbocycles. The van der Waals surface area contributed by atoms with Crippen LogP contribution in [0.3, 0.4) is 0 Å². The van der Waals surface area contributed by atoms with E-state index in [0.29, 0.717) is 12.4 Å². The van der Waals surface area contributed by atoms with E-state index in [0.717, 1.165) is 23.1 Å². The van der Waals surface area contributed by atoms with E-state index in [1.807, 2.05) is 48.5 Å². The molecule has 1 aliphatic rings. The third kappa shape index (κ3) is 5.72. The summed E-state index contributed by atoms with van der Waals surface area (Å²) in [5, 5.41) is 12.8. The summed E-state index contributed by atoms with van der Waals surface area (Å²) >= 11 is 0. The molecule has 33 heavy (non-hydrogen) atoms. The van der Waals surface area contributed by atoms with Crippen molar-refractivity contribution in [2.45, 2.75) is 18.4 Å². The van der Waals surface area contributed by atoms with Gasteiger partial charge in [0, 0.05) is 13.0 Å². The van der Waals surface area contributed by atoms with Crippen molar-refractivity contribution in [3.8, 4) is 16.9 Å². The molecular weight excluding hydrogens is 418 g/mol. The number of benzene rings is 3. The molecule has 0 bridgehead atoms. The van der Waals surface area contributed by atoms with Gasteiger partial charge in [-0.2, -0.15) is 0 Å². The summed E-state index contributed by atoms with van der Waals surface area (Å²) < 4.78 is 16.2. The van der Waals surface area contributed by atoms with Crippen molar-refractivity contribution in [1.29, 1.82) is 0 Å². The third-order valence-corrected chi connectivity index (χ3v) is 5.79. The van der Waals surface area contributed by atoms with Crippen LogP contribution in [-0.4, -0.2) is 50.8 Å². The van der Waals surface area contributed by atoms with Gasteiger partial charge in [0.1, 0.15) is 25.1 Å². The number of carbonyl (C=O) groups is 1. The number of aliphatic hydroxyl groups excluding tert-OH is 1. The molecule has 1 amide bonds. The molecule has 0 fully saturated rings. The topological polar surface area (TPSA) is 77.0 Å². The van der Waals surface area contributed by atoms with Crippen molar-refractivity contribution in [2.75, 3.05) is 33.5 Å². The number of alkyl carbamates (subject to hydrolysis) is 1. The monoisotopic (exact) mass is 447 g/mol. The number of carbonyl (C=O) groups excluding carboxylic acids is 1. The van der Waals surface area contributed by atoms with E-state index in [-0.39, 0.29) is 25.7 Å². The second-order valence-electron chi connectivity index (χ2n) is 8.06. The second-order valence-corrected chi connectivity index (χ2v) is 8.06. The summed E-state index contributed by atoms with van der Waals surface area (Å²) in [7, 11) is 1.68. The molecule has 0 radical (unpaired) electrons. The molecule has 0 saturated heterocycles. The zero-order valence-corrected chi connectivity index (χ0v) is 18.7. The summed E-state index contributed by atoms with van der Waals surface area (Å²) in [4.78, 5) is 12.2. The predicted octanol–water partition coefficient (Wildman–Crippen LogP) is 4.15. The highest BCUT2D eigenvalue weighted by Crippen LogP contribution is 2.44. The number of nitrogens with one attached hydrogen (secondary N) is 1. The van der Waals surface area contributed by atoms with Gasteiger partial charge < -0.3 is 24.6 Å². The first kappa shape index (κ1) is 22.8. The first-order valence-corrected chi connectivity index (χ1v) is 11.1. The average Bonchev–Trinajstić information content (AvgIpc) is 3.18. The fraction of sp³-hybridized carbons (Fsp3) is 0.296. The van der Waals surface area contributed by atoms with E-state index in [2.05, 4.69) is 29.6 Å². The van der Waals surface area contributed by atoms with E-state index < -0.39 is 12.2 Å². The van der Waals surface area contributed by atoms with Gasteiger partial charge in [-0.15, -0.1) is 0 Å². The fourth-order valence-corrected chi connectivity index (χ4v) is 4.07. The summed E-state index contributed by atoms with van der Waals surface area (Å²) in [6.07, 6.45) is -0.569. The smallest absolute Gasteiger partial charge is 0.407 e. The van der Waals surface area contributed by atoms with E-state index in [1.165, 1.54) is 11.1 Å². The van der Waals surface area contributed by atoms with Crippen LogP contribution in [0.5, 0.6) is 5.75 Å². The minimum absolute atomic E-state index is 0.00303. The lowest BCUT2D eigenvalue weighted by atomic mass is 9.98. The Kier molecular flexibility index (Phi) is 7.60. The molecule has 0 aliphatic heterocycles. The summed E-state index contributed by atoms with van der Waals surface area (Å²) in [6.45, 7) is 1.02. The summed E-state index contributed by atoms with van der Waals surface area (Å²) in [6, 6.07) is 24.0. The molecule has 2 N–H and O–H groups in total. The van der Waals surface area contributed by atoms with Crippen LogP contribution >= 0.6 is 0 Å². The lowest BCUT2D eigenvalue weighted by Gasteiger charge is -2.16. The minimum atomic E-state index is -0.848. The zero-order chi connectivity index (χ0) is 23.0. The van der Waals surface area contributed by atoms with Crippen LogP contribution < -0.4 is 10.1 Å². The van der Waals surface area contributed by atoms with E-state index in [4.69, 9.17) is 14.2 Å². The maximum Gasteiger partial charge on any atom is 0.407 e. The molecule has 0 spiro atoms. The number of fused-ring (bicyclic) bond motifs is 3. The largest absolute Gasteiger partial charge is 0.491 e. The van der Waals surface area contributed by atoms with Gasteiger partial charge in [-0.3, -0.25) is 0 Å². The Morgan fingerprint density at radius 1 is 0.970 bits per heavy atom. The molecule has 0 aromatic heterocycles. The maximum atomic E-state index is 12.2. The van der Waals surface area contributed by atoms with Crippen molar-refractivity contribution in [3.05, 3.63) is 89.5 Å². The number of amides is 1. The van der Waals surface area contributed by atoms with E-state index in [1.54, 1.807) is 7.11 Å². The van der Waals surface area contributed by atoms with Crippen molar-refractivity contribution in [2.24, 2.45) is 0 Å². The molecule has 0 heterocycles. The third-order valence-electron chi connectivity index (χ3n) is 5.79. The van der Waals surface area contributed by atoms with Crippen LogP contribution in [0.15, 0.2) is 72.8 Å². The lowest BCUT2D eigenvalue weighted by molar-refractivity contribution is 0.0974. The first-order valence-electron chi connectivity index (χ1n) is 11.1. The molecule has 1 unspecified atom stereocenters. The molecule has 1 atom stereocenters. The quantitative estimate of drug-likeness (QED) is 0.488. The Balaban J connectivity index is 1.21. The Labute approximate surface area is 194 Å². The van der Waals surface area contributed by atoms with Gasteiger partial charge in [-0.05, 0) is 46.4 Å². The molecule has 6 heteroatoms. The number of ether oxygens (including phenoxy) is 3. The fourth-order valence-electron chi connectivity index (χ4n) is 4.07. The van der Waals surface area contributed by atoms with Gasteiger partial charge in [0.15, 0.2) is 0 Å². The average molecular weight is 448 g/mol. The van der Waals surface area contributed by atoms with Crippen LogP contribution in [0.2, 0.25) is 0 Å². The van der Waals surface area contributed by atoms with Crippen LogP contribution in [0.4, 0.5) is 4.79 Å². The highest BCUT2D eigenvalue weighted by atomic mass is 16.5. The molecule has 4 rings (SSSR count). The Morgan fingerprint density at radius 3 is 2.24 bits per heavy atom. The predicted molar refractivity (Wildman–Crippen MR) is 127 cm³/mol. The Hall–Kier alpha value is -3.35. The molecule has 3 aromatic rings. The minimum Gasteiger partial charge on any atom is -0.491 e. The van der Waals surface area contributed by atoms with Gasteiger partial charge in [-0.25, -0.2) is 4.79 Å². The highest BCUT2D eigenvalue weighted by molar-refractivity contribution is 5.79. The number of rotatable bonds is 10. The number of methoxy groups -OCH3 is 1. The standard InChI is InChI=1S/C27H29NO5/c1-31-15-14-19-10-12-21(13-11-19)32-17-20(29)16-28-27(30)33-18-26-24-8-4-2-6-22(24)23-7-3-5-9-25(23)26/h2-13,20,26,29H,14-18H2,1H3,(H,28,30). The van der Waals surface area contributed by atoms with Crippen LogP contribution in [-0.2, 0) is 15.9 Å². The van der Waals surface area contributed by atoms with E-state index >= 15 is 0 Å². The molecule has 172 valence electrons. The molecule has 1 aliphatic carbocycles. The van der Waals surface area contributed by atoms with Crippen molar-refractivity contribution < 1.29 is 24.1 Å². The zero-order valence-electron chi connectivity index (χ0n) is 18.7. The lowest BCUT2D eigenvalue weighted by Crippen LogP contribution is -2.36. The number of hydrogen-bond acceptors (Lipinski definition) is 5. The maximum absolute atomic E-state index is 12.2. The van der Waals surface area contributed by atoms with Crippen molar-refractivity contribution in [3.63, 3.8) is 0 Å². The van der Waals surface area contributed by atoms with Crippen LogP contribution in [0.1, 0.15) is 22.6 Å². The molecule has 6 nitrogen and oxygen atoms in total. The molecular formula is C27H29NO5. The van der Waals surface area contributed by atoms with Gasteiger partial charge in [0.2, 0.25) is 0 Å². The van der Waals surface area contributed by atoms with Crippen LogP contribution in [0, 0.1) is 0 Å². The normalized spacial score (nSPS) is 13.2. The first-order chi connectivity index (χ1) is 16.2. The number of hydrogen-bond donors (Lipinski definition) is 2. The summed E-state index contributed by atoms with van der Waals surface area (Å²) in [5.41, 5.74) is 5.84. The van der Waals surface area contributed by atoms with Gasteiger partial charge >= 0.3 is 6.09 Å². The van der Waals surface area contributed by atoms with Gasteiger partial charge in [-0.1, -0.05) is 60.7 Å². The molecule has 3 aromatic carbocycles. The highest BCUT2D eigenvalue weighted by Gasteiger charge is 2.29.